The third-order valence-corrected chi connectivity index (χ3v) is 3.68. The number of rotatable bonds is 1. The highest BCUT2D eigenvalue weighted by Crippen LogP contribution is 2.53. The minimum atomic E-state index is -0.418. The summed E-state index contributed by atoms with van der Waals surface area (Å²) in [4.78, 5) is 11.7. The summed E-state index contributed by atoms with van der Waals surface area (Å²) in [5.74, 6) is 1.20. The van der Waals surface area contributed by atoms with Gasteiger partial charge < -0.3 is 15.4 Å². The van der Waals surface area contributed by atoms with Gasteiger partial charge in [-0.2, -0.15) is 0 Å². The van der Waals surface area contributed by atoms with Crippen LogP contribution in [0.3, 0.4) is 0 Å². The van der Waals surface area contributed by atoms with E-state index in [4.69, 9.17) is 4.74 Å². The zero-order valence-electron chi connectivity index (χ0n) is 10.6. The molecular weight excluding hydrogens is 204 g/mol. The molecule has 1 heterocycles. The highest BCUT2D eigenvalue weighted by molar-refractivity contribution is 5.69. The third-order valence-electron chi connectivity index (χ3n) is 3.68. The van der Waals surface area contributed by atoms with Gasteiger partial charge in [0.25, 0.3) is 0 Å². The summed E-state index contributed by atoms with van der Waals surface area (Å²) in [6, 6.07) is 0. The maximum absolute atomic E-state index is 11.7. The molecule has 1 amide bonds. The van der Waals surface area contributed by atoms with Crippen LogP contribution in [0.15, 0.2) is 0 Å². The van der Waals surface area contributed by atoms with Crippen molar-refractivity contribution in [3.8, 4) is 0 Å². The number of piperidine rings is 1. The van der Waals surface area contributed by atoms with Crippen LogP contribution in [0.5, 0.6) is 0 Å². The van der Waals surface area contributed by atoms with Gasteiger partial charge in [0.2, 0.25) is 0 Å². The van der Waals surface area contributed by atoms with Crippen LogP contribution in [-0.4, -0.2) is 30.3 Å². The molecule has 0 spiro atoms. The number of amides is 1. The summed E-state index contributed by atoms with van der Waals surface area (Å²) in [7, 11) is 0. The van der Waals surface area contributed by atoms with Crippen molar-refractivity contribution in [3.05, 3.63) is 0 Å². The van der Waals surface area contributed by atoms with Gasteiger partial charge in [-0.15, -0.1) is 0 Å². The maximum atomic E-state index is 11.7. The van der Waals surface area contributed by atoms with E-state index in [2.05, 4.69) is 17.6 Å². The number of nitrogens with one attached hydrogen (secondary N) is 2. The van der Waals surface area contributed by atoms with Gasteiger partial charge in [-0.05, 0) is 52.5 Å². The van der Waals surface area contributed by atoms with Gasteiger partial charge in [-0.1, -0.05) is 0 Å². The molecule has 2 rings (SSSR count). The molecule has 1 saturated heterocycles. The van der Waals surface area contributed by atoms with E-state index in [1.165, 1.54) is 0 Å². The first-order valence-corrected chi connectivity index (χ1v) is 6.05. The fourth-order valence-electron chi connectivity index (χ4n) is 2.78. The van der Waals surface area contributed by atoms with Crippen molar-refractivity contribution in [1.82, 2.24) is 10.6 Å². The van der Waals surface area contributed by atoms with Gasteiger partial charge >= 0.3 is 6.09 Å². The Morgan fingerprint density at radius 3 is 2.62 bits per heavy atom. The maximum Gasteiger partial charge on any atom is 0.408 e. The Morgan fingerprint density at radius 2 is 2.12 bits per heavy atom. The lowest BCUT2D eigenvalue weighted by Crippen LogP contribution is -2.41. The van der Waals surface area contributed by atoms with Gasteiger partial charge in [0.1, 0.15) is 5.60 Å². The number of carbonyl (C=O) groups is 1. The third kappa shape index (κ3) is 2.17. The van der Waals surface area contributed by atoms with E-state index in [9.17, 15) is 4.79 Å². The monoisotopic (exact) mass is 226 g/mol. The molecule has 4 heteroatoms. The van der Waals surface area contributed by atoms with E-state index in [-0.39, 0.29) is 11.6 Å². The van der Waals surface area contributed by atoms with Crippen LogP contribution in [0.25, 0.3) is 0 Å². The normalized spacial score (nSPS) is 37.5. The molecule has 1 aliphatic heterocycles. The molecule has 4 nitrogen and oxygen atoms in total. The molecule has 0 aromatic heterocycles. The lowest BCUT2D eigenvalue weighted by molar-refractivity contribution is 0.0493. The van der Waals surface area contributed by atoms with E-state index in [1.54, 1.807) is 0 Å². The topological polar surface area (TPSA) is 50.4 Å². The lowest BCUT2D eigenvalue weighted by atomic mass is 10.2. The number of fused-ring (bicyclic) bond motifs is 1. The molecule has 0 aromatic carbocycles. The minimum Gasteiger partial charge on any atom is -0.444 e. The van der Waals surface area contributed by atoms with Crippen LogP contribution in [0, 0.1) is 11.8 Å². The molecule has 1 saturated carbocycles. The summed E-state index contributed by atoms with van der Waals surface area (Å²) < 4.78 is 5.29. The minimum absolute atomic E-state index is 0.0498. The summed E-state index contributed by atoms with van der Waals surface area (Å²) >= 11 is 0. The van der Waals surface area contributed by atoms with Crippen molar-refractivity contribution in [2.45, 2.75) is 45.3 Å². The molecule has 3 atom stereocenters. The number of carbonyl (C=O) groups excluding carboxylic acids is 1. The average Bonchev–Trinajstić information content (AvgIpc) is 2.69. The van der Waals surface area contributed by atoms with Crippen LogP contribution in [0.2, 0.25) is 0 Å². The van der Waals surface area contributed by atoms with Crippen molar-refractivity contribution in [1.29, 1.82) is 0 Å². The van der Waals surface area contributed by atoms with Gasteiger partial charge in [-0.25, -0.2) is 4.79 Å². The van der Waals surface area contributed by atoms with Crippen molar-refractivity contribution in [3.63, 3.8) is 0 Å². The Morgan fingerprint density at radius 1 is 1.44 bits per heavy atom. The van der Waals surface area contributed by atoms with Gasteiger partial charge in [0.05, 0.1) is 0 Å². The molecule has 2 N–H and O–H groups in total. The zero-order chi connectivity index (χ0) is 12.0. The average molecular weight is 226 g/mol. The Kier molecular flexibility index (Phi) is 2.65. The van der Waals surface area contributed by atoms with Crippen molar-refractivity contribution >= 4 is 6.09 Å². The van der Waals surface area contributed by atoms with Gasteiger partial charge in [-0.3, -0.25) is 0 Å². The van der Waals surface area contributed by atoms with Crippen LogP contribution < -0.4 is 10.6 Å². The summed E-state index contributed by atoms with van der Waals surface area (Å²) in [6.07, 6.45) is 0.862. The largest absolute Gasteiger partial charge is 0.444 e. The Balaban J connectivity index is 1.88. The molecular formula is C12H22N2O2. The fourth-order valence-corrected chi connectivity index (χ4v) is 2.78. The Labute approximate surface area is 97.1 Å². The van der Waals surface area contributed by atoms with Crippen LogP contribution in [0.4, 0.5) is 4.79 Å². The SMILES string of the molecule is CC(C)(C)OC(=O)NC1(C)C2CCNCC21. The first-order chi connectivity index (χ1) is 7.33. The Bertz CT molecular complexity index is 284. The summed E-state index contributed by atoms with van der Waals surface area (Å²) in [5.41, 5.74) is -0.468. The predicted octanol–water partition coefficient (Wildman–Crippen LogP) is 1.51. The molecule has 2 fully saturated rings. The molecule has 92 valence electrons. The second kappa shape index (κ2) is 3.62. The van der Waals surface area contributed by atoms with Crippen LogP contribution >= 0.6 is 0 Å². The van der Waals surface area contributed by atoms with E-state index in [0.29, 0.717) is 11.8 Å². The molecule has 3 unspecified atom stereocenters. The van der Waals surface area contributed by atoms with Crippen molar-refractivity contribution < 1.29 is 9.53 Å². The highest BCUT2D eigenvalue weighted by atomic mass is 16.6. The van der Waals surface area contributed by atoms with E-state index < -0.39 is 5.60 Å². The molecule has 2 aliphatic rings. The summed E-state index contributed by atoms with van der Waals surface area (Å²) in [5, 5.41) is 6.39. The molecule has 16 heavy (non-hydrogen) atoms. The first-order valence-electron chi connectivity index (χ1n) is 6.05. The highest BCUT2D eigenvalue weighted by Gasteiger charge is 2.62. The Hall–Kier alpha value is -0.770. The quantitative estimate of drug-likeness (QED) is 0.712. The second-order valence-corrected chi connectivity index (χ2v) is 6.12. The molecule has 1 aliphatic carbocycles. The van der Waals surface area contributed by atoms with E-state index in [0.717, 1.165) is 19.5 Å². The second-order valence-electron chi connectivity index (χ2n) is 6.12. The van der Waals surface area contributed by atoms with E-state index in [1.807, 2.05) is 20.8 Å². The van der Waals surface area contributed by atoms with Crippen molar-refractivity contribution in [2.75, 3.05) is 13.1 Å². The van der Waals surface area contributed by atoms with Crippen molar-refractivity contribution in [2.24, 2.45) is 11.8 Å². The lowest BCUT2D eigenvalue weighted by Gasteiger charge is -2.22. The van der Waals surface area contributed by atoms with Crippen LogP contribution in [0.1, 0.15) is 34.1 Å². The fraction of sp³-hybridized carbons (Fsp3) is 0.917. The van der Waals surface area contributed by atoms with E-state index >= 15 is 0 Å². The van der Waals surface area contributed by atoms with Gasteiger partial charge in [0, 0.05) is 12.1 Å². The van der Waals surface area contributed by atoms with Crippen LogP contribution in [-0.2, 0) is 4.74 Å². The number of hydrogen-bond acceptors (Lipinski definition) is 3. The number of alkyl carbamates (subject to hydrolysis) is 1. The van der Waals surface area contributed by atoms with Gasteiger partial charge in [0.15, 0.2) is 0 Å². The number of ether oxygens (including phenoxy) is 1. The summed E-state index contributed by atoms with van der Waals surface area (Å²) in [6.45, 7) is 9.85. The molecule has 0 aromatic rings. The predicted molar refractivity (Wildman–Crippen MR) is 62.2 cm³/mol. The first kappa shape index (κ1) is 11.7. The molecule has 0 bridgehead atoms. The zero-order valence-corrected chi connectivity index (χ0v) is 10.6. The smallest absolute Gasteiger partial charge is 0.408 e. The molecule has 0 radical (unpaired) electrons. The number of hydrogen-bond donors (Lipinski definition) is 2. The standard InChI is InChI=1S/C12H22N2O2/c1-11(2,3)16-10(15)14-12(4)8-5-6-13-7-9(8)12/h8-9,13H,5-7H2,1-4H3,(H,14,15).